The van der Waals surface area contributed by atoms with Crippen molar-refractivity contribution in [2.75, 3.05) is 11.9 Å². The van der Waals surface area contributed by atoms with Crippen LogP contribution in [0.4, 0.5) is 10.1 Å². The summed E-state index contributed by atoms with van der Waals surface area (Å²) in [4.78, 5) is 0. The van der Waals surface area contributed by atoms with Crippen molar-refractivity contribution in [3.05, 3.63) is 59.9 Å². The van der Waals surface area contributed by atoms with Crippen LogP contribution in [0, 0.1) is 18.2 Å². The maximum absolute atomic E-state index is 13.1. The predicted octanol–water partition coefficient (Wildman–Crippen LogP) is 3.45. The first-order chi connectivity index (χ1) is 9.29. The number of ether oxygens (including phenoxy) is 1. The van der Waals surface area contributed by atoms with Crippen LogP contribution < -0.4 is 10.1 Å². The van der Waals surface area contributed by atoms with Gasteiger partial charge in [-0.1, -0.05) is 30.2 Å². The molecule has 2 nitrogen and oxygen atoms in total. The van der Waals surface area contributed by atoms with Gasteiger partial charge in [-0.15, -0.1) is 6.42 Å². The van der Waals surface area contributed by atoms with Crippen LogP contribution in [0.25, 0.3) is 0 Å². The average Bonchev–Trinajstić information content (AvgIpc) is 2.44. The minimum absolute atomic E-state index is 0.233. The monoisotopic (exact) mass is 255 g/mol. The summed E-state index contributed by atoms with van der Waals surface area (Å²) in [5.41, 5.74) is 1.70. The molecule has 0 saturated carbocycles. The number of rotatable bonds is 5. The average molecular weight is 255 g/mol. The lowest BCUT2D eigenvalue weighted by atomic mass is 10.2. The van der Waals surface area contributed by atoms with Crippen molar-refractivity contribution in [3.63, 3.8) is 0 Å². The molecule has 0 unspecified atom stereocenters. The van der Waals surface area contributed by atoms with E-state index in [2.05, 4.69) is 11.2 Å². The highest BCUT2D eigenvalue weighted by atomic mass is 19.1. The molecule has 0 aliphatic rings. The van der Waals surface area contributed by atoms with Gasteiger partial charge in [0.15, 0.2) is 0 Å². The van der Waals surface area contributed by atoms with Crippen LogP contribution in [0.3, 0.4) is 0 Å². The molecule has 0 heterocycles. The number of anilines is 1. The molecular weight excluding hydrogens is 241 g/mol. The molecule has 2 aromatic rings. The molecule has 2 aromatic carbocycles. The van der Waals surface area contributed by atoms with E-state index in [9.17, 15) is 4.39 Å². The molecule has 19 heavy (non-hydrogen) atoms. The number of para-hydroxylation sites is 1. The quantitative estimate of drug-likeness (QED) is 0.826. The van der Waals surface area contributed by atoms with Gasteiger partial charge in [-0.25, -0.2) is 4.39 Å². The Morgan fingerprint density at radius 2 is 2.00 bits per heavy atom. The van der Waals surface area contributed by atoms with E-state index in [1.807, 2.05) is 30.3 Å². The molecule has 96 valence electrons. The summed E-state index contributed by atoms with van der Waals surface area (Å²) in [6, 6.07) is 14.0. The summed E-state index contributed by atoms with van der Waals surface area (Å²) in [5.74, 6) is 2.91. The number of hydrogen-bond donors (Lipinski definition) is 1. The standard InChI is InChI=1S/C16H14FNO/c1-2-10-19-16-9-4-3-6-13(16)12-18-15-8-5-7-14(17)11-15/h1,3-9,11,18H,10,12H2. The second kappa shape index (κ2) is 6.46. The van der Waals surface area contributed by atoms with Crippen molar-refractivity contribution in [3.8, 4) is 18.1 Å². The maximum atomic E-state index is 13.1. The molecule has 0 atom stereocenters. The fourth-order valence-corrected chi connectivity index (χ4v) is 1.71. The van der Waals surface area contributed by atoms with Crippen LogP contribution in [-0.2, 0) is 6.54 Å². The fourth-order valence-electron chi connectivity index (χ4n) is 1.71. The lowest BCUT2D eigenvalue weighted by molar-refractivity contribution is 0.366. The van der Waals surface area contributed by atoms with Gasteiger partial charge in [0.25, 0.3) is 0 Å². The lowest BCUT2D eigenvalue weighted by Gasteiger charge is -2.11. The normalized spacial score (nSPS) is 9.68. The summed E-state index contributed by atoms with van der Waals surface area (Å²) >= 11 is 0. The first kappa shape index (κ1) is 13.0. The van der Waals surface area contributed by atoms with Crippen LogP contribution >= 0.6 is 0 Å². The van der Waals surface area contributed by atoms with Crippen molar-refractivity contribution >= 4 is 5.69 Å². The minimum Gasteiger partial charge on any atom is -0.481 e. The van der Waals surface area contributed by atoms with Gasteiger partial charge in [0.1, 0.15) is 18.2 Å². The maximum Gasteiger partial charge on any atom is 0.148 e. The second-order valence-electron chi connectivity index (χ2n) is 3.96. The molecule has 0 fully saturated rings. The minimum atomic E-state index is -0.262. The van der Waals surface area contributed by atoms with E-state index < -0.39 is 0 Å². The Morgan fingerprint density at radius 1 is 1.16 bits per heavy atom. The molecule has 0 aromatic heterocycles. The number of benzene rings is 2. The molecule has 0 aliphatic carbocycles. The van der Waals surface area contributed by atoms with E-state index >= 15 is 0 Å². The Balaban J connectivity index is 2.05. The first-order valence-electron chi connectivity index (χ1n) is 5.93. The third-order valence-corrected chi connectivity index (χ3v) is 2.59. The Labute approximate surface area is 112 Å². The number of hydrogen-bond acceptors (Lipinski definition) is 2. The second-order valence-corrected chi connectivity index (χ2v) is 3.96. The number of terminal acetylenes is 1. The third-order valence-electron chi connectivity index (χ3n) is 2.59. The first-order valence-corrected chi connectivity index (χ1v) is 5.93. The zero-order chi connectivity index (χ0) is 13.5. The molecular formula is C16H14FNO. The Morgan fingerprint density at radius 3 is 2.79 bits per heavy atom. The highest BCUT2D eigenvalue weighted by molar-refractivity contribution is 5.45. The van der Waals surface area contributed by atoms with E-state index in [1.165, 1.54) is 12.1 Å². The van der Waals surface area contributed by atoms with Crippen LogP contribution in [0.15, 0.2) is 48.5 Å². The summed E-state index contributed by atoms with van der Waals surface area (Å²) in [7, 11) is 0. The highest BCUT2D eigenvalue weighted by Crippen LogP contribution is 2.19. The van der Waals surface area contributed by atoms with Gasteiger partial charge in [-0.05, 0) is 24.3 Å². The van der Waals surface area contributed by atoms with Crippen LogP contribution in [0.2, 0.25) is 0 Å². The fraction of sp³-hybridized carbons (Fsp3) is 0.125. The molecule has 3 heteroatoms. The van der Waals surface area contributed by atoms with E-state index in [0.717, 1.165) is 17.0 Å². The van der Waals surface area contributed by atoms with Crippen LogP contribution in [0.1, 0.15) is 5.56 Å². The Kier molecular flexibility index (Phi) is 4.41. The van der Waals surface area contributed by atoms with E-state index in [1.54, 1.807) is 6.07 Å². The molecule has 0 spiro atoms. The van der Waals surface area contributed by atoms with Gasteiger partial charge in [-0.2, -0.15) is 0 Å². The van der Waals surface area contributed by atoms with Gasteiger partial charge >= 0.3 is 0 Å². The van der Waals surface area contributed by atoms with Crippen molar-refractivity contribution < 1.29 is 9.13 Å². The van der Waals surface area contributed by atoms with E-state index in [0.29, 0.717) is 6.54 Å². The largest absolute Gasteiger partial charge is 0.481 e. The zero-order valence-corrected chi connectivity index (χ0v) is 10.4. The summed E-state index contributed by atoms with van der Waals surface area (Å²) in [6.07, 6.45) is 5.18. The lowest BCUT2D eigenvalue weighted by Crippen LogP contribution is -2.03. The highest BCUT2D eigenvalue weighted by Gasteiger charge is 2.02. The SMILES string of the molecule is C#CCOc1ccccc1CNc1cccc(F)c1. The van der Waals surface area contributed by atoms with Crippen LogP contribution in [0.5, 0.6) is 5.75 Å². The van der Waals surface area contributed by atoms with Crippen molar-refractivity contribution in [2.45, 2.75) is 6.54 Å². The topological polar surface area (TPSA) is 21.3 Å². The predicted molar refractivity (Wildman–Crippen MR) is 74.5 cm³/mol. The Bertz CT molecular complexity index is 589. The van der Waals surface area contributed by atoms with Crippen molar-refractivity contribution in [2.24, 2.45) is 0 Å². The molecule has 2 rings (SSSR count). The zero-order valence-electron chi connectivity index (χ0n) is 10.4. The van der Waals surface area contributed by atoms with Gasteiger partial charge in [0.2, 0.25) is 0 Å². The van der Waals surface area contributed by atoms with Gasteiger partial charge < -0.3 is 10.1 Å². The van der Waals surface area contributed by atoms with Crippen molar-refractivity contribution in [1.82, 2.24) is 0 Å². The van der Waals surface area contributed by atoms with Gasteiger partial charge in [0.05, 0.1) is 0 Å². The molecule has 0 saturated heterocycles. The van der Waals surface area contributed by atoms with Gasteiger partial charge in [0, 0.05) is 17.8 Å². The van der Waals surface area contributed by atoms with Crippen molar-refractivity contribution in [1.29, 1.82) is 0 Å². The summed E-state index contributed by atoms with van der Waals surface area (Å²) in [6.45, 7) is 0.779. The summed E-state index contributed by atoms with van der Waals surface area (Å²) < 4.78 is 18.5. The van der Waals surface area contributed by atoms with Crippen LogP contribution in [-0.4, -0.2) is 6.61 Å². The third kappa shape index (κ3) is 3.75. The molecule has 0 aliphatic heterocycles. The number of halogens is 1. The molecule has 0 bridgehead atoms. The van der Waals surface area contributed by atoms with Gasteiger partial charge in [-0.3, -0.25) is 0 Å². The molecule has 0 radical (unpaired) electrons. The molecule has 1 N–H and O–H groups in total. The summed E-state index contributed by atoms with van der Waals surface area (Å²) in [5, 5.41) is 3.15. The van der Waals surface area contributed by atoms with E-state index in [4.69, 9.17) is 11.2 Å². The van der Waals surface area contributed by atoms with E-state index in [-0.39, 0.29) is 12.4 Å². The smallest absolute Gasteiger partial charge is 0.148 e. The number of nitrogens with one attached hydrogen (secondary N) is 1. The Hall–Kier alpha value is -2.47. The molecule has 0 amide bonds.